The summed E-state index contributed by atoms with van der Waals surface area (Å²) in [5, 5.41) is 0.649. The van der Waals surface area contributed by atoms with Crippen molar-refractivity contribution in [1.82, 2.24) is 9.55 Å². The largest absolute Gasteiger partial charge is 0.302 e. The minimum Gasteiger partial charge on any atom is -0.302 e. The number of halogens is 1. The van der Waals surface area contributed by atoms with E-state index in [-0.39, 0.29) is 5.56 Å². The summed E-state index contributed by atoms with van der Waals surface area (Å²) < 4.78 is 2.03. The van der Waals surface area contributed by atoms with Gasteiger partial charge >= 0.3 is 0 Å². The highest BCUT2D eigenvalue weighted by molar-refractivity contribution is 6.31. The summed E-state index contributed by atoms with van der Waals surface area (Å²) in [6, 6.07) is 17.4. The highest BCUT2D eigenvalue weighted by Crippen LogP contribution is 2.26. The molecule has 1 aromatic heterocycles. The fourth-order valence-corrected chi connectivity index (χ4v) is 3.41. The van der Waals surface area contributed by atoms with Gasteiger partial charge in [0.2, 0.25) is 0 Å². The summed E-state index contributed by atoms with van der Waals surface area (Å²) in [4.78, 5) is 20.8. The zero-order valence-electron chi connectivity index (χ0n) is 13.7. The lowest BCUT2D eigenvalue weighted by atomic mass is 9.99. The van der Waals surface area contributed by atoms with Crippen LogP contribution in [0.3, 0.4) is 0 Å². The van der Waals surface area contributed by atoms with Gasteiger partial charge in [0.05, 0.1) is 11.4 Å². The minimum absolute atomic E-state index is 0.216. The van der Waals surface area contributed by atoms with Gasteiger partial charge in [-0.2, -0.15) is 4.98 Å². The number of aliphatic imine (C=N–C) groups is 1. The summed E-state index contributed by atoms with van der Waals surface area (Å²) in [5.41, 5.74) is 4.46. The molecular weight excluding hydrogens is 334 g/mol. The lowest BCUT2D eigenvalue weighted by molar-refractivity contribution is 0.765. The van der Waals surface area contributed by atoms with E-state index in [2.05, 4.69) is 4.98 Å². The minimum atomic E-state index is -0.216. The highest BCUT2D eigenvalue weighted by Gasteiger charge is 2.19. The molecule has 124 valence electrons. The fraction of sp³-hybridized carbons (Fsp3) is 0.150. The molecule has 0 radical (unpaired) electrons. The molecule has 0 aliphatic carbocycles. The lowest BCUT2D eigenvalue weighted by Gasteiger charge is -2.22. The molecule has 1 aliphatic rings. The second-order valence-corrected chi connectivity index (χ2v) is 6.43. The predicted octanol–water partition coefficient (Wildman–Crippen LogP) is 3.59. The summed E-state index contributed by atoms with van der Waals surface area (Å²) in [6.45, 7) is 2.48. The SMILES string of the molecule is Cc1cc(=O)nc2n1-c1ccc(Cl)cc1/C(c1ccccc1)=N\CC2. The van der Waals surface area contributed by atoms with Crippen LogP contribution < -0.4 is 5.56 Å². The number of aromatic nitrogens is 2. The first kappa shape index (κ1) is 15.8. The van der Waals surface area contributed by atoms with Crippen molar-refractivity contribution in [3.05, 3.63) is 92.6 Å². The van der Waals surface area contributed by atoms with Crippen molar-refractivity contribution >= 4 is 17.3 Å². The van der Waals surface area contributed by atoms with Crippen LogP contribution in [0, 0.1) is 6.92 Å². The van der Waals surface area contributed by atoms with Crippen molar-refractivity contribution in [3.8, 4) is 5.69 Å². The van der Waals surface area contributed by atoms with Gasteiger partial charge in [-0.3, -0.25) is 9.79 Å². The molecule has 0 saturated carbocycles. The first-order valence-corrected chi connectivity index (χ1v) is 8.51. The highest BCUT2D eigenvalue weighted by atomic mass is 35.5. The molecule has 0 saturated heterocycles. The number of hydrogen-bond acceptors (Lipinski definition) is 3. The van der Waals surface area contributed by atoms with Crippen LogP contribution in [0.2, 0.25) is 5.02 Å². The van der Waals surface area contributed by atoms with Gasteiger partial charge in [0.15, 0.2) is 0 Å². The molecule has 0 N–H and O–H groups in total. The molecule has 4 rings (SSSR count). The van der Waals surface area contributed by atoms with E-state index in [1.807, 2.05) is 60.0 Å². The van der Waals surface area contributed by atoms with Crippen LogP contribution in [0.4, 0.5) is 0 Å². The van der Waals surface area contributed by atoms with Gasteiger partial charge in [-0.25, -0.2) is 0 Å². The number of aryl methyl sites for hydroxylation is 1. The van der Waals surface area contributed by atoms with Gasteiger partial charge in [-0.05, 0) is 25.1 Å². The Morgan fingerprint density at radius 1 is 1.08 bits per heavy atom. The van der Waals surface area contributed by atoms with Crippen molar-refractivity contribution < 1.29 is 0 Å². The Morgan fingerprint density at radius 3 is 2.68 bits per heavy atom. The third kappa shape index (κ3) is 2.89. The van der Waals surface area contributed by atoms with E-state index in [1.54, 1.807) is 6.07 Å². The normalized spacial score (nSPS) is 15.4. The topological polar surface area (TPSA) is 47.2 Å². The monoisotopic (exact) mass is 349 g/mol. The molecule has 3 aromatic rings. The van der Waals surface area contributed by atoms with Crippen LogP contribution in [-0.4, -0.2) is 21.8 Å². The van der Waals surface area contributed by atoms with Crippen LogP contribution in [0.1, 0.15) is 22.6 Å². The van der Waals surface area contributed by atoms with Crippen LogP contribution >= 0.6 is 11.6 Å². The van der Waals surface area contributed by atoms with E-state index >= 15 is 0 Å². The third-order valence-corrected chi connectivity index (χ3v) is 4.52. The molecule has 0 bridgehead atoms. The number of nitrogens with zero attached hydrogens (tertiary/aromatic N) is 3. The molecule has 0 spiro atoms. The summed E-state index contributed by atoms with van der Waals surface area (Å²) in [5.74, 6) is 0.726. The molecule has 0 unspecified atom stereocenters. The maximum absolute atomic E-state index is 11.8. The Bertz CT molecular complexity index is 1040. The van der Waals surface area contributed by atoms with Crippen molar-refractivity contribution in [1.29, 1.82) is 0 Å². The molecule has 4 nitrogen and oxygen atoms in total. The van der Waals surface area contributed by atoms with Crippen LogP contribution in [0.15, 0.2) is 64.4 Å². The zero-order chi connectivity index (χ0) is 17.4. The number of hydrogen-bond donors (Lipinski definition) is 0. The quantitative estimate of drug-likeness (QED) is 0.674. The van der Waals surface area contributed by atoms with Crippen LogP contribution in [-0.2, 0) is 6.42 Å². The number of fused-ring (bicyclic) bond motifs is 3. The summed E-state index contributed by atoms with van der Waals surface area (Å²) >= 11 is 6.29. The van der Waals surface area contributed by atoms with E-state index in [9.17, 15) is 4.79 Å². The molecule has 0 amide bonds. The zero-order valence-corrected chi connectivity index (χ0v) is 14.5. The Kier molecular flexibility index (Phi) is 3.98. The van der Waals surface area contributed by atoms with Gasteiger partial charge < -0.3 is 4.57 Å². The third-order valence-electron chi connectivity index (χ3n) is 4.29. The molecule has 0 fully saturated rings. The van der Waals surface area contributed by atoms with Crippen molar-refractivity contribution in [3.63, 3.8) is 0 Å². The fourth-order valence-electron chi connectivity index (χ4n) is 3.24. The lowest BCUT2D eigenvalue weighted by Crippen LogP contribution is -2.23. The average Bonchev–Trinajstić information content (AvgIpc) is 2.58. The summed E-state index contributed by atoms with van der Waals surface area (Å²) in [6.07, 6.45) is 0.606. The molecule has 1 aliphatic heterocycles. The van der Waals surface area contributed by atoms with E-state index < -0.39 is 0 Å². The van der Waals surface area contributed by atoms with Crippen LogP contribution in [0.5, 0.6) is 0 Å². The second kappa shape index (κ2) is 6.30. The summed E-state index contributed by atoms with van der Waals surface area (Å²) in [7, 11) is 0. The maximum atomic E-state index is 11.8. The predicted molar refractivity (Wildman–Crippen MR) is 100 cm³/mol. The smallest absolute Gasteiger partial charge is 0.273 e. The molecule has 2 heterocycles. The van der Waals surface area contributed by atoms with Gasteiger partial charge in [-0.1, -0.05) is 41.9 Å². The van der Waals surface area contributed by atoms with Gasteiger partial charge in [-0.15, -0.1) is 0 Å². The van der Waals surface area contributed by atoms with Gasteiger partial charge in [0.25, 0.3) is 5.56 Å². The number of benzene rings is 2. The van der Waals surface area contributed by atoms with Gasteiger partial charge in [0, 0.05) is 40.9 Å². The average molecular weight is 350 g/mol. The molecule has 2 aromatic carbocycles. The first-order valence-electron chi connectivity index (χ1n) is 8.13. The molecule has 25 heavy (non-hydrogen) atoms. The Morgan fingerprint density at radius 2 is 1.88 bits per heavy atom. The standard InChI is InChI=1S/C20H16ClN3O/c1-13-11-19(25)23-18-9-10-22-20(14-5-3-2-4-6-14)16-12-15(21)7-8-17(16)24(13)18/h2-8,11-12H,9-10H2,1H3/b22-20-. The first-order chi connectivity index (χ1) is 12.1. The van der Waals surface area contributed by atoms with E-state index in [1.165, 1.54) is 0 Å². The van der Waals surface area contributed by atoms with Crippen LogP contribution in [0.25, 0.3) is 5.69 Å². The van der Waals surface area contributed by atoms with Crippen molar-refractivity contribution in [2.24, 2.45) is 4.99 Å². The van der Waals surface area contributed by atoms with Crippen molar-refractivity contribution in [2.75, 3.05) is 6.54 Å². The maximum Gasteiger partial charge on any atom is 0.273 e. The Balaban J connectivity index is 2.03. The Labute approximate surface area is 150 Å². The second-order valence-electron chi connectivity index (χ2n) is 6.00. The molecule has 5 heteroatoms. The van der Waals surface area contributed by atoms with E-state index in [0.29, 0.717) is 18.0 Å². The Hall–Kier alpha value is -2.72. The van der Waals surface area contributed by atoms with E-state index in [0.717, 1.165) is 34.0 Å². The molecule has 0 atom stereocenters. The van der Waals surface area contributed by atoms with Crippen molar-refractivity contribution in [2.45, 2.75) is 13.3 Å². The van der Waals surface area contributed by atoms with E-state index in [4.69, 9.17) is 16.6 Å². The molecular formula is C20H16ClN3O. The number of rotatable bonds is 1. The van der Waals surface area contributed by atoms with Gasteiger partial charge in [0.1, 0.15) is 5.82 Å².